The molecule has 3 nitrogen and oxygen atoms in total. The monoisotopic (exact) mass is 428 g/mol. The normalized spacial score (nSPS) is 26.4. The molecule has 0 aromatic heterocycles. The Bertz CT molecular complexity index is 622. The molecule has 0 aliphatic heterocycles. The lowest BCUT2D eigenvalue weighted by Gasteiger charge is -2.28. The molecule has 2 fully saturated rings. The molecule has 0 amide bonds. The summed E-state index contributed by atoms with van der Waals surface area (Å²) in [4.78, 5) is 12.4. The molecule has 0 atom stereocenters. The van der Waals surface area contributed by atoms with Gasteiger partial charge in [-0.3, -0.25) is 4.79 Å². The zero-order valence-corrected chi connectivity index (χ0v) is 20.0. The van der Waals surface area contributed by atoms with Gasteiger partial charge < -0.3 is 9.47 Å². The van der Waals surface area contributed by atoms with Crippen molar-refractivity contribution in [1.29, 1.82) is 0 Å². The summed E-state index contributed by atoms with van der Waals surface area (Å²) in [5.74, 6) is 4.13. The van der Waals surface area contributed by atoms with Crippen molar-refractivity contribution >= 4 is 5.97 Å². The van der Waals surface area contributed by atoms with Gasteiger partial charge in [0.2, 0.25) is 0 Å². The second-order valence-corrected chi connectivity index (χ2v) is 10.2. The van der Waals surface area contributed by atoms with Gasteiger partial charge in [-0.15, -0.1) is 0 Å². The second-order valence-electron chi connectivity index (χ2n) is 10.2. The van der Waals surface area contributed by atoms with Crippen molar-refractivity contribution in [3.05, 3.63) is 24.3 Å². The van der Waals surface area contributed by atoms with Gasteiger partial charge in [-0.05, 0) is 80.5 Å². The summed E-state index contributed by atoms with van der Waals surface area (Å²) in [7, 11) is 0. The standard InChI is InChI=1S/C28H44O3/c1-3-4-5-7-23-11-13-24(14-12-23)8-6-21-30-26-17-19-27(20-18-26)31-28(29)25-15-9-22(2)10-16-25/h17-20,22-25H,3-16,21H2,1-2H3. The quantitative estimate of drug-likeness (QED) is 0.204. The summed E-state index contributed by atoms with van der Waals surface area (Å²) >= 11 is 0. The highest BCUT2D eigenvalue weighted by atomic mass is 16.5. The fourth-order valence-corrected chi connectivity index (χ4v) is 5.35. The van der Waals surface area contributed by atoms with Crippen LogP contribution in [0.25, 0.3) is 0 Å². The van der Waals surface area contributed by atoms with Crippen LogP contribution in [-0.2, 0) is 4.79 Å². The Balaban J connectivity index is 1.27. The van der Waals surface area contributed by atoms with Crippen LogP contribution < -0.4 is 9.47 Å². The third-order valence-corrected chi connectivity index (χ3v) is 7.60. The van der Waals surface area contributed by atoms with Gasteiger partial charge in [-0.1, -0.05) is 65.2 Å². The predicted molar refractivity (Wildman–Crippen MR) is 128 cm³/mol. The molecule has 0 bridgehead atoms. The van der Waals surface area contributed by atoms with E-state index in [0.717, 1.165) is 62.2 Å². The van der Waals surface area contributed by atoms with Gasteiger partial charge >= 0.3 is 5.97 Å². The summed E-state index contributed by atoms with van der Waals surface area (Å²) in [5.41, 5.74) is 0. The maximum atomic E-state index is 12.4. The van der Waals surface area contributed by atoms with Crippen LogP contribution in [0, 0.1) is 23.7 Å². The van der Waals surface area contributed by atoms with Crippen molar-refractivity contribution in [2.45, 2.75) is 104 Å². The number of ether oxygens (including phenoxy) is 2. The molecule has 3 rings (SSSR count). The van der Waals surface area contributed by atoms with Crippen molar-refractivity contribution in [3.63, 3.8) is 0 Å². The molecule has 1 aromatic carbocycles. The largest absolute Gasteiger partial charge is 0.494 e. The van der Waals surface area contributed by atoms with Crippen molar-refractivity contribution in [3.8, 4) is 11.5 Å². The van der Waals surface area contributed by atoms with Crippen molar-refractivity contribution in [2.24, 2.45) is 23.7 Å². The van der Waals surface area contributed by atoms with Crippen LogP contribution in [0.2, 0.25) is 0 Å². The smallest absolute Gasteiger partial charge is 0.314 e. The molecule has 0 heterocycles. The molecule has 2 aliphatic rings. The zero-order chi connectivity index (χ0) is 21.9. The summed E-state index contributed by atoms with van der Waals surface area (Å²) in [6, 6.07) is 7.57. The Morgan fingerprint density at radius 1 is 0.806 bits per heavy atom. The number of esters is 1. The Hall–Kier alpha value is -1.51. The fourth-order valence-electron chi connectivity index (χ4n) is 5.35. The van der Waals surface area contributed by atoms with E-state index in [4.69, 9.17) is 9.47 Å². The number of hydrogen-bond donors (Lipinski definition) is 0. The minimum Gasteiger partial charge on any atom is -0.494 e. The lowest BCUT2D eigenvalue weighted by molar-refractivity contribution is -0.140. The minimum absolute atomic E-state index is 0.0681. The van der Waals surface area contributed by atoms with Gasteiger partial charge in [0.05, 0.1) is 12.5 Å². The van der Waals surface area contributed by atoms with Gasteiger partial charge in [0, 0.05) is 0 Å². The van der Waals surface area contributed by atoms with Crippen LogP contribution in [0.3, 0.4) is 0 Å². The van der Waals surface area contributed by atoms with E-state index in [-0.39, 0.29) is 11.9 Å². The van der Waals surface area contributed by atoms with Crippen LogP contribution in [0.5, 0.6) is 11.5 Å². The zero-order valence-electron chi connectivity index (χ0n) is 20.0. The first-order chi connectivity index (χ1) is 15.1. The average molecular weight is 429 g/mol. The van der Waals surface area contributed by atoms with E-state index in [0.29, 0.717) is 5.75 Å². The molecule has 0 saturated heterocycles. The molecular formula is C28H44O3. The number of carbonyl (C=O) groups excluding carboxylic acids is 1. The van der Waals surface area contributed by atoms with Gasteiger partial charge in [0.15, 0.2) is 0 Å². The van der Waals surface area contributed by atoms with Gasteiger partial charge in [0.1, 0.15) is 11.5 Å². The fraction of sp³-hybridized carbons (Fsp3) is 0.750. The molecule has 0 radical (unpaired) electrons. The Morgan fingerprint density at radius 2 is 1.39 bits per heavy atom. The van der Waals surface area contributed by atoms with Crippen molar-refractivity contribution in [2.75, 3.05) is 6.61 Å². The number of rotatable bonds is 11. The molecule has 0 N–H and O–H groups in total. The highest BCUT2D eigenvalue weighted by Crippen LogP contribution is 2.34. The van der Waals surface area contributed by atoms with Crippen LogP contribution in [0.1, 0.15) is 104 Å². The van der Waals surface area contributed by atoms with Gasteiger partial charge in [-0.2, -0.15) is 0 Å². The van der Waals surface area contributed by atoms with Crippen LogP contribution in [-0.4, -0.2) is 12.6 Å². The molecule has 31 heavy (non-hydrogen) atoms. The summed E-state index contributed by atoms with van der Waals surface area (Å²) < 4.78 is 11.5. The molecule has 2 aliphatic carbocycles. The molecular weight excluding hydrogens is 384 g/mol. The maximum Gasteiger partial charge on any atom is 0.314 e. The Labute approximate surface area is 190 Å². The number of benzene rings is 1. The predicted octanol–water partition coefficient (Wildman–Crippen LogP) is 7.96. The molecule has 1 aromatic rings. The van der Waals surface area contributed by atoms with Crippen molar-refractivity contribution in [1.82, 2.24) is 0 Å². The van der Waals surface area contributed by atoms with Crippen molar-refractivity contribution < 1.29 is 14.3 Å². The van der Waals surface area contributed by atoms with E-state index >= 15 is 0 Å². The molecule has 174 valence electrons. The number of hydrogen-bond acceptors (Lipinski definition) is 3. The number of carbonyl (C=O) groups is 1. The number of unbranched alkanes of at least 4 members (excludes halogenated alkanes) is 2. The third kappa shape index (κ3) is 8.50. The minimum atomic E-state index is -0.0688. The third-order valence-electron chi connectivity index (χ3n) is 7.60. The molecule has 3 heteroatoms. The van der Waals surface area contributed by atoms with Crippen LogP contribution >= 0.6 is 0 Å². The second kappa shape index (κ2) is 13.1. The topological polar surface area (TPSA) is 35.5 Å². The lowest BCUT2D eigenvalue weighted by atomic mass is 9.78. The molecule has 2 saturated carbocycles. The van der Waals surface area contributed by atoms with E-state index in [2.05, 4.69) is 13.8 Å². The van der Waals surface area contributed by atoms with E-state index in [1.54, 1.807) is 0 Å². The van der Waals surface area contributed by atoms with Gasteiger partial charge in [-0.25, -0.2) is 0 Å². The summed E-state index contributed by atoms with van der Waals surface area (Å²) in [6.07, 6.45) is 17.9. The highest BCUT2D eigenvalue weighted by Gasteiger charge is 2.26. The first-order valence-electron chi connectivity index (χ1n) is 13.1. The Kier molecular flexibility index (Phi) is 10.2. The molecule has 0 unspecified atom stereocenters. The Morgan fingerprint density at radius 3 is 2.00 bits per heavy atom. The maximum absolute atomic E-state index is 12.4. The first kappa shape index (κ1) is 24.1. The van der Waals surface area contributed by atoms with E-state index < -0.39 is 0 Å². The van der Waals surface area contributed by atoms with Crippen LogP contribution in [0.4, 0.5) is 0 Å². The lowest BCUT2D eigenvalue weighted by Crippen LogP contribution is -2.24. The van der Waals surface area contributed by atoms with E-state index in [1.807, 2.05) is 24.3 Å². The summed E-state index contributed by atoms with van der Waals surface area (Å²) in [5, 5.41) is 0. The van der Waals surface area contributed by atoms with E-state index in [9.17, 15) is 4.79 Å². The summed E-state index contributed by atoms with van der Waals surface area (Å²) in [6.45, 7) is 5.33. The first-order valence-corrected chi connectivity index (χ1v) is 13.1. The van der Waals surface area contributed by atoms with Crippen LogP contribution in [0.15, 0.2) is 24.3 Å². The molecule has 0 spiro atoms. The van der Waals surface area contributed by atoms with Gasteiger partial charge in [0.25, 0.3) is 0 Å². The highest BCUT2D eigenvalue weighted by molar-refractivity contribution is 5.75. The average Bonchev–Trinajstić information content (AvgIpc) is 2.79. The SMILES string of the molecule is CCCCCC1CCC(CCCOc2ccc(OC(=O)C3CCC(C)CC3)cc2)CC1. The van der Waals surface area contributed by atoms with E-state index in [1.165, 1.54) is 57.8 Å².